The number of amides is 1. The van der Waals surface area contributed by atoms with Gasteiger partial charge in [0.1, 0.15) is 5.82 Å². The van der Waals surface area contributed by atoms with Gasteiger partial charge in [-0.1, -0.05) is 6.92 Å². The molecule has 17 heavy (non-hydrogen) atoms. The lowest BCUT2D eigenvalue weighted by Gasteiger charge is -2.11. The second kappa shape index (κ2) is 6.46. The van der Waals surface area contributed by atoms with Crippen LogP contribution in [0.1, 0.15) is 23.0 Å². The standard InChI is InChI=1S/C11H18N4OS/c1-7-4-9(5-10(14-7)15-12)11(16)13-6-8(2)17-3/h4-5,8H,6,12H2,1-3H3,(H,13,16)(H,14,15). The summed E-state index contributed by atoms with van der Waals surface area (Å²) in [6.45, 7) is 4.53. The molecule has 1 unspecified atom stereocenters. The number of aryl methyl sites for hydroxylation is 1. The van der Waals surface area contributed by atoms with E-state index < -0.39 is 0 Å². The molecule has 0 fully saturated rings. The normalized spacial score (nSPS) is 12.0. The maximum absolute atomic E-state index is 11.9. The zero-order valence-corrected chi connectivity index (χ0v) is 11.1. The summed E-state index contributed by atoms with van der Waals surface area (Å²) in [6, 6.07) is 3.37. The van der Waals surface area contributed by atoms with Gasteiger partial charge in [0, 0.05) is 23.1 Å². The monoisotopic (exact) mass is 254 g/mol. The number of hydrogen-bond donors (Lipinski definition) is 3. The largest absolute Gasteiger partial charge is 0.351 e. The lowest BCUT2D eigenvalue weighted by molar-refractivity contribution is 0.0954. The van der Waals surface area contributed by atoms with E-state index >= 15 is 0 Å². The van der Waals surface area contributed by atoms with Gasteiger partial charge in [-0.2, -0.15) is 11.8 Å². The Morgan fingerprint density at radius 1 is 1.59 bits per heavy atom. The molecular weight excluding hydrogens is 236 g/mol. The average Bonchev–Trinajstić information content (AvgIpc) is 2.34. The maximum atomic E-state index is 11.9. The Kier molecular flexibility index (Phi) is 5.24. The van der Waals surface area contributed by atoms with E-state index in [4.69, 9.17) is 5.84 Å². The van der Waals surface area contributed by atoms with Gasteiger partial charge < -0.3 is 10.7 Å². The first kappa shape index (κ1) is 13.8. The van der Waals surface area contributed by atoms with Crippen molar-refractivity contribution in [3.05, 3.63) is 23.4 Å². The van der Waals surface area contributed by atoms with E-state index in [2.05, 4.69) is 22.7 Å². The van der Waals surface area contributed by atoms with E-state index in [1.54, 1.807) is 23.9 Å². The van der Waals surface area contributed by atoms with Crippen molar-refractivity contribution >= 4 is 23.5 Å². The number of rotatable bonds is 5. The van der Waals surface area contributed by atoms with Crippen LogP contribution in [0.5, 0.6) is 0 Å². The lowest BCUT2D eigenvalue weighted by atomic mass is 10.2. The van der Waals surface area contributed by atoms with Gasteiger partial charge in [-0.05, 0) is 25.3 Å². The second-order valence-corrected chi connectivity index (χ2v) is 5.06. The van der Waals surface area contributed by atoms with Gasteiger partial charge in [0.05, 0.1) is 0 Å². The lowest BCUT2D eigenvalue weighted by Crippen LogP contribution is -2.29. The molecule has 1 heterocycles. The summed E-state index contributed by atoms with van der Waals surface area (Å²) >= 11 is 1.71. The predicted molar refractivity (Wildman–Crippen MR) is 72.1 cm³/mol. The summed E-state index contributed by atoms with van der Waals surface area (Å²) in [5, 5.41) is 3.27. The highest BCUT2D eigenvalue weighted by molar-refractivity contribution is 7.99. The molecule has 1 aromatic rings. The third-order valence-corrected chi connectivity index (χ3v) is 3.29. The van der Waals surface area contributed by atoms with E-state index in [-0.39, 0.29) is 5.91 Å². The fraction of sp³-hybridized carbons (Fsp3) is 0.455. The number of nitrogens with one attached hydrogen (secondary N) is 2. The van der Waals surface area contributed by atoms with Crippen LogP contribution in [0.3, 0.4) is 0 Å². The summed E-state index contributed by atoms with van der Waals surface area (Å²) in [6.07, 6.45) is 2.02. The number of hydrazine groups is 1. The van der Waals surface area contributed by atoms with E-state index in [9.17, 15) is 4.79 Å². The molecular formula is C11H18N4OS. The highest BCUT2D eigenvalue weighted by Crippen LogP contribution is 2.09. The SMILES string of the molecule is CSC(C)CNC(=O)c1cc(C)nc(NN)c1. The number of carbonyl (C=O) groups is 1. The van der Waals surface area contributed by atoms with Gasteiger partial charge >= 0.3 is 0 Å². The molecule has 0 spiro atoms. The van der Waals surface area contributed by atoms with E-state index in [0.717, 1.165) is 5.69 Å². The Balaban J connectivity index is 2.71. The van der Waals surface area contributed by atoms with E-state index in [1.165, 1.54) is 0 Å². The van der Waals surface area contributed by atoms with E-state index in [1.807, 2.05) is 13.2 Å². The minimum absolute atomic E-state index is 0.104. The van der Waals surface area contributed by atoms with Crippen LogP contribution in [0.25, 0.3) is 0 Å². The number of aromatic nitrogens is 1. The van der Waals surface area contributed by atoms with Crippen molar-refractivity contribution in [2.75, 3.05) is 18.2 Å². The Morgan fingerprint density at radius 2 is 2.29 bits per heavy atom. The van der Waals surface area contributed by atoms with Crippen molar-refractivity contribution in [3.63, 3.8) is 0 Å². The van der Waals surface area contributed by atoms with Gasteiger partial charge in [0.25, 0.3) is 5.91 Å². The number of nitrogens with zero attached hydrogens (tertiary/aromatic N) is 1. The summed E-state index contributed by atoms with van der Waals surface area (Å²) in [5.41, 5.74) is 3.77. The smallest absolute Gasteiger partial charge is 0.251 e. The van der Waals surface area contributed by atoms with Crippen LogP contribution in [0.2, 0.25) is 0 Å². The van der Waals surface area contributed by atoms with Crippen LogP contribution >= 0.6 is 11.8 Å². The molecule has 1 amide bonds. The van der Waals surface area contributed by atoms with Crippen molar-refractivity contribution in [1.29, 1.82) is 0 Å². The van der Waals surface area contributed by atoms with Crippen molar-refractivity contribution < 1.29 is 4.79 Å². The number of nitrogens with two attached hydrogens (primary N) is 1. The molecule has 1 aromatic heterocycles. The molecule has 0 aliphatic carbocycles. The first-order chi connectivity index (χ1) is 8.06. The van der Waals surface area contributed by atoms with Crippen molar-refractivity contribution in [2.24, 2.45) is 5.84 Å². The predicted octanol–water partition coefficient (Wildman–Crippen LogP) is 1.16. The molecule has 0 aromatic carbocycles. The molecule has 4 N–H and O–H groups in total. The zero-order valence-electron chi connectivity index (χ0n) is 10.3. The fourth-order valence-electron chi connectivity index (χ4n) is 1.30. The fourth-order valence-corrected chi connectivity index (χ4v) is 1.55. The number of carbonyl (C=O) groups excluding carboxylic acids is 1. The quantitative estimate of drug-likeness (QED) is 0.542. The molecule has 0 radical (unpaired) electrons. The van der Waals surface area contributed by atoms with E-state index in [0.29, 0.717) is 23.2 Å². The van der Waals surface area contributed by atoms with Gasteiger partial charge in [-0.3, -0.25) is 4.79 Å². The topological polar surface area (TPSA) is 80.0 Å². The molecule has 0 saturated heterocycles. The van der Waals surface area contributed by atoms with Crippen LogP contribution in [0.15, 0.2) is 12.1 Å². The first-order valence-corrected chi connectivity index (χ1v) is 6.62. The third kappa shape index (κ3) is 4.24. The number of nitrogen functional groups attached to an aromatic ring is 1. The minimum Gasteiger partial charge on any atom is -0.351 e. The van der Waals surface area contributed by atoms with Crippen LogP contribution in [-0.4, -0.2) is 28.9 Å². The molecule has 0 bridgehead atoms. The molecule has 0 saturated carbocycles. The Hall–Kier alpha value is -1.27. The van der Waals surface area contributed by atoms with Crippen LogP contribution < -0.4 is 16.6 Å². The van der Waals surface area contributed by atoms with Gasteiger partial charge in [-0.15, -0.1) is 0 Å². The minimum atomic E-state index is -0.104. The highest BCUT2D eigenvalue weighted by Gasteiger charge is 2.09. The number of pyridine rings is 1. The molecule has 0 aliphatic heterocycles. The zero-order chi connectivity index (χ0) is 12.8. The molecule has 0 aliphatic rings. The van der Waals surface area contributed by atoms with Crippen molar-refractivity contribution in [1.82, 2.24) is 10.3 Å². The van der Waals surface area contributed by atoms with Crippen LogP contribution in [0.4, 0.5) is 5.82 Å². The van der Waals surface area contributed by atoms with Crippen molar-refractivity contribution in [2.45, 2.75) is 19.1 Å². The van der Waals surface area contributed by atoms with Gasteiger partial charge in [-0.25, -0.2) is 10.8 Å². The van der Waals surface area contributed by atoms with Gasteiger partial charge in [0.2, 0.25) is 0 Å². The summed E-state index contributed by atoms with van der Waals surface area (Å²) in [5.74, 6) is 5.67. The molecule has 94 valence electrons. The van der Waals surface area contributed by atoms with Crippen molar-refractivity contribution in [3.8, 4) is 0 Å². The maximum Gasteiger partial charge on any atom is 0.251 e. The average molecular weight is 254 g/mol. The number of hydrogen-bond acceptors (Lipinski definition) is 5. The summed E-state index contributed by atoms with van der Waals surface area (Å²) in [7, 11) is 0. The number of anilines is 1. The summed E-state index contributed by atoms with van der Waals surface area (Å²) < 4.78 is 0. The van der Waals surface area contributed by atoms with Gasteiger partial charge in [0.15, 0.2) is 0 Å². The summed E-state index contributed by atoms with van der Waals surface area (Å²) in [4.78, 5) is 16.0. The Bertz CT molecular complexity index is 397. The molecule has 1 atom stereocenters. The number of thioether (sulfide) groups is 1. The van der Waals surface area contributed by atoms with Crippen LogP contribution in [-0.2, 0) is 0 Å². The first-order valence-electron chi connectivity index (χ1n) is 5.33. The van der Waals surface area contributed by atoms with Crippen LogP contribution in [0, 0.1) is 6.92 Å². The Morgan fingerprint density at radius 3 is 2.88 bits per heavy atom. The highest BCUT2D eigenvalue weighted by atomic mass is 32.2. The second-order valence-electron chi connectivity index (χ2n) is 3.78. The molecule has 6 heteroatoms. The third-order valence-electron chi connectivity index (χ3n) is 2.32. The Labute approximate surface area is 106 Å². The molecule has 1 rings (SSSR count). The molecule has 5 nitrogen and oxygen atoms in total.